The van der Waals surface area contributed by atoms with E-state index >= 15 is 0 Å². The van der Waals surface area contributed by atoms with Crippen molar-refractivity contribution in [2.75, 3.05) is 20.2 Å². The number of unbranched alkanes of at least 4 members (excludes halogenated alkanes) is 1. The van der Waals surface area contributed by atoms with Gasteiger partial charge >= 0.3 is 0 Å². The molecule has 3 aromatic rings. The van der Waals surface area contributed by atoms with E-state index in [1.165, 1.54) is 5.56 Å². The highest BCUT2D eigenvalue weighted by molar-refractivity contribution is 5.96. The second kappa shape index (κ2) is 11.5. The van der Waals surface area contributed by atoms with E-state index in [4.69, 9.17) is 4.74 Å². The molecule has 0 spiro atoms. The Bertz CT molecular complexity index is 1180. The predicted molar refractivity (Wildman–Crippen MR) is 142 cm³/mol. The first-order valence-electron chi connectivity index (χ1n) is 12.9. The summed E-state index contributed by atoms with van der Waals surface area (Å²) in [4.78, 5) is 30.8. The minimum absolute atomic E-state index is 0.0370. The van der Waals surface area contributed by atoms with E-state index in [2.05, 4.69) is 23.8 Å². The Kier molecular flexibility index (Phi) is 8.14. The van der Waals surface area contributed by atoms with Gasteiger partial charge in [0.1, 0.15) is 12.3 Å². The Morgan fingerprint density at radius 2 is 1.83 bits per heavy atom. The van der Waals surface area contributed by atoms with Gasteiger partial charge in [-0.3, -0.25) is 9.59 Å². The van der Waals surface area contributed by atoms with Crippen molar-refractivity contribution in [2.24, 2.45) is 0 Å². The lowest BCUT2D eigenvalue weighted by molar-refractivity contribution is -0.135. The maximum Gasteiger partial charge on any atom is 0.254 e. The molecule has 1 atom stereocenters. The SMILES string of the molecule is CCCCc1ccc(C(=O)N(CC(=O)N2CCn3cccc3C2c2cccc(OC)c2)C(C)C)cc1. The molecule has 190 valence electrons. The van der Waals surface area contributed by atoms with Gasteiger partial charge in [-0.2, -0.15) is 0 Å². The van der Waals surface area contributed by atoms with Crippen LogP contribution in [0.3, 0.4) is 0 Å². The number of aromatic nitrogens is 1. The summed E-state index contributed by atoms with van der Waals surface area (Å²) in [6, 6.07) is 19.4. The molecular weight excluding hydrogens is 450 g/mol. The summed E-state index contributed by atoms with van der Waals surface area (Å²) < 4.78 is 7.65. The van der Waals surface area contributed by atoms with Crippen LogP contribution in [0.1, 0.15) is 66.8 Å². The quantitative estimate of drug-likeness (QED) is 0.410. The number of rotatable bonds is 9. The van der Waals surface area contributed by atoms with Gasteiger partial charge in [0.15, 0.2) is 0 Å². The molecule has 0 bridgehead atoms. The summed E-state index contributed by atoms with van der Waals surface area (Å²) in [7, 11) is 1.65. The number of amides is 2. The average molecular weight is 488 g/mol. The van der Waals surface area contributed by atoms with Crippen LogP contribution >= 0.6 is 0 Å². The normalized spacial score (nSPS) is 15.0. The molecule has 1 unspecified atom stereocenters. The van der Waals surface area contributed by atoms with E-state index in [-0.39, 0.29) is 30.4 Å². The average Bonchev–Trinajstić information content (AvgIpc) is 3.38. The van der Waals surface area contributed by atoms with Crippen LogP contribution in [0.25, 0.3) is 0 Å². The third kappa shape index (κ3) is 5.48. The largest absolute Gasteiger partial charge is 0.497 e. The summed E-state index contributed by atoms with van der Waals surface area (Å²) in [5.41, 5.74) is 3.91. The van der Waals surface area contributed by atoms with Crippen LogP contribution in [-0.4, -0.2) is 52.4 Å². The topological polar surface area (TPSA) is 54.8 Å². The number of carbonyl (C=O) groups is 2. The summed E-state index contributed by atoms with van der Waals surface area (Å²) in [5.74, 6) is 0.584. The zero-order chi connectivity index (χ0) is 25.7. The molecule has 2 aromatic carbocycles. The maximum atomic E-state index is 13.8. The standard InChI is InChI=1S/C30H37N3O3/c1-5-6-9-23-13-15-24(16-14-23)30(35)33(22(2)3)21-28(34)32-19-18-31-17-8-12-27(31)29(32)25-10-7-11-26(20-25)36-4/h7-8,10-17,20,22,29H,5-6,9,18-19,21H2,1-4H3. The van der Waals surface area contributed by atoms with Gasteiger partial charge in [0.25, 0.3) is 5.91 Å². The fourth-order valence-electron chi connectivity index (χ4n) is 4.90. The number of carbonyl (C=O) groups excluding carboxylic acids is 2. The molecular formula is C30H37N3O3. The van der Waals surface area contributed by atoms with Crippen molar-refractivity contribution in [3.63, 3.8) is 0 Å². The Morgan fingerprint density at radius 3 is 2.53 bits per heavy atom. The van der Waals surface area contributed by atoms with Crippen LogP contribution in [0, 0.1) is 0 Å². The molecule has 0 radical (unpaired) electrons. The first kappa shape index (κ1) is 25.5. The molecule has 0 saturated heterocycles. The van der Waals surface area contributed by atoms with E-state index in [1.54, 1.807) is 12.0 Å². The van der Waals surface area contributed by atoms with Gasteiger partial charge < -0.3 is 19.1 Å². The van der Waals surface area contributed by atoms with E-state index < -0.39 is 0 Å². The Balaban J connectivity index is 1.57. The lowest BCUT2D eigenvalue weighted by atomic mass is 9.99. The summed E-state index contributed by atoms with van der Waals surface area (Å²) >= 11 is 0. The number of ether oxygens (including phenoxy) is 1. The van der Waals surface area contributed by atoms with Crippen LogP contribution < -0.4 is 4.74 Å². The van der Waals surface area contributed by atoms with Crippen LogP contribution in [0.2, 0.25) is 0 Å². The van der Waals surface area contributed by atoms with E-state index in [0.717, 1.165) is 42.8 Å². The monoisotopic (exact) mass is 487 g/mol. The molecule has 1 aliphatic heterocycles. The maximum absolute atomic E-state index is 13.8. The lowest BCUT2D eigenvalue weighted by Gasteiger charge is -2.39. The van der Waals surface area contributed by atoms with Gasteiger partial charge in [-0.1, -0.05) is 37.6 Å². The fraction of sp³-hybridized carbons (Fsp3) is 0.400. The number of aryl methyl sites for hydroxylation is 1. The van der Waals surface area contributed by atoms with Crippen LogP contribution in [-0.2, 0) is 17.8 Å². The molecule has 1 aromatic heterocycles. The minimum Gasteiger partial charge on any atom is -0.497 e. The Morgan fingerprint density at radius 1 is 1.06 bits per heavy atom. The van der Waals surface area contributed by atoms with E-state index in [0.29, 0.717) is 12.1 Å². The zero-order valence-electron chi connectivity index (χ0n) is 21.8. The molecule has 36 heavy (non-hydrogen) atoms. The lowest BCUT2D eigenvalue weighted by Crippen LogP contribution is -2.49. The van der Waals surface area contributed by atoms with E-state index in [9.17, 15) is 9.59 Å². The number of benzene rings is 2. The van der Waals surface area contributed by atoms with Crippen molar-refractivity contribution >= 4 is 11.8 Å². The van der Waals surface area contributed by atoms with Crippen molar-refractivity contribution < 1.29 is 14.3 Å². The molecule has 6 nitrogen and oxygen atoms in total. The second-order valence-corrected chi connectivity index (χ2v) is 9.72. The van der Waals surface area contributed by atoms with Gasteiger partial charge in [-0.25, -0.2) is 0 Å². The van der Waals surface area contributed by atoms with Gasteiger partial charge in [0.2, 0.25) is 5.91 Å². The predicted octanol–water partition coefficient (Wildman–Crippen LogP) is 5.32. The third-order valence-electron chi connectivity index (χ3n) is 6.98. The van der Waals surface area contributed by atoms with Crippen molar-refractivity contribution in [3.8, 4) is 5.75 Å². The number of hydrogen-bond donors (Lipinski definition) is 0. The molecule has 0 saturated carbocycles. The van der Waals surface area contributed by atoms with Crippen LogP contribution in [0.4, 0.5) is 0 Å². The van der Waals surface area contributed by atoms with Crippen molar-refractivity contribution in [1.82, 2.24) is 14.4 Å². The molecule has 0 aliphatic carbocycles. The molecule has 4 rings (SSSR count). The fourth-order valence-corrected chi connectivity index (χ4v) is 4.90. The highest BCUT2D eigenvalue weighted by Gasteiger charge is 2.34. The second-order valence-electron chi connectivity index (χ2n) is 9.72. The molecule has 0 fully saturated rings. The molecule has 1 aliphatic rings. The number of hydrogen-bond acceptors (Lipinski definition) is 3. The minimum atomic E-state index is -0.238. The highest BCUT2D eigenvalue weighted by Crippen LogP contribution is 2.34. The first-order valence-corrected chi connectivity index (χ1v) is 12.9. The molecule has 0 N–H and O–H groups in total. The summed E-state index contributed by atoms with van der Waals surface area (Å²) in [6.07, 6.45) is 5.34. The number of fused-ring (bicyclic) bond motifs is 1. The zero-order valence-corrected chi connectivity index (χ0v) is 21.8. The smallest absolute Gasteiger partial charge is 0.254 e. The Hall–Kier alpha value is -3.54. The molecule has 2 amide bonds. The Labute approximate surface area is 214 Å². The summed E-state index contributed by atoms with van der Waals surface area (Å²) in [6.45, 7) is 7.44. The van der Waals surface area contributed by atoms with Gasteiger partial charge in [-0.05, 0) is 74.2 Å². The van der Waals surface area contributed by atoms with Crippen molar-refractivity contribution in [1.29, 1.82) is 0 Å². The van der Waals surface area contributed by atoms with Gasteiger partial charge in [0.05, 0.1) is 13.2 Å². The molecule has 2 heterocycles. The highest BCUT2D eigenvalue weighted by atomic mass is 16.5. The van der Waals surface area contributed by atoms with Gasteiger partial charge in [-0.15, -0.1) is 0 Å². The number of methoxy groups -OCH3 is 1. The molecule has 6 heteroatoms. The van der Waals surface area contributed by atoms with Crippen LogP contribution in [0.5, 0.6) is 5.75 Å². The van der Waals surface area contributed by atoms with Crippen molar-refractivity contribution in [3.05, 3.63) is 89.2 Å². The first-order chi connectivity index (χ1) is 17.4. The third-order valence-corrected chi connectivity index (χ3v) is 6.98. The van der Waals surface area contributed by atoms with E-state index in [1.807, 2.05) is 73.3 Å². The number of nitrogens with zero attached hydrogens (tertiary/aromatic N) is 3. The summed E-state index contributed by atoms with van der Waals surface area (Å²) in [5, 5.41) is 0. The van der Waals surface area contributed by atoms with Crippen LogP contribution in [0.15, 0.2) is 66.9 Å². The van der Waals surface area contributed by atoms with Crippen molar-refractivity contribution in [2.45, 2.75) is 58.7 Å². The van der Waals surface area contributed by atoms with Gasteiger partial charge in [0, 0.05) is 36.6 Å².